The number of piperidine rings is 1. The fraction of sp³-hybridized carbons (Fsp3) is 0.826. The number of nitrogens with zero attached hydrogens (tertiary/aromatic N) is 2. The third-order valence-corrected chi connectivity index (χ3v) is 6.81. The zero-order valence-corrected chi connectivity index (χ0v) is 18.5. The molecule has 2 unspecified atom stereocenters. The molecule has 2 rings (SSSR count). The number of hydrogen-bond donors (Lipinski definition) is 2. The van der Waals surface area contributed by atoms with Gasteiger partial charge in [0.2, 0.25) is 11.8 Å². The van der Waals surface area contributed by atoms with Crippen LogP contribution in [0.3, 0.4) is 0 Å². The molecule has 0 spiro atoms. The van der Waals surface area contributed by atoms with Crippen molar-refractivity contribution in [2.75, 3.05) is 13.1 Å². The van der Waals surface area contributed by atoms with Gasteiger partial charge in [0.05, 0.1) is 12.5 Å². The summed E-state index contributed by atoms with van der Waals surface area (Å²) in [6.45, 7) is 7.53. The standard InChI is InChI=1S/C23H39N4O2/c1-4-13-27-14-12-23(17-24,16-19(27)15-18-8-6-5-7-9-18)26-20(28)10-11-22(2,3)21(25)29/h10,18-19H,4-9,11-16H2,1-3H3,(H2,25,29)(H,26,28). The van der Waals surface area contributed by atoms with E-state index in [-0.39, 0.29) is 12.3 Å². The second-order valence-electron chi connectivity index (χ2n) is 9.72. The van der Waals surface area contributed by atoms with Gasteiger partial charge < -0.3 is 16.0 Å². The molecule has 1 saturated carbocycles. The highest BCUT2D eigenvalue weighted by atomic mass is 16.2. The molecule has 2 fully saturated rings. The van der Waals surface area contributed by atoms with Gasteiger partial charge in [0.1, 0.15) is 5.54 Å². The van der Waals surface area contributed by atoms with Crippen LogP contribution in [0, 0.1) is 29.1 Å². The van der Waals surface area contributed by atoms with E-state index in [1.807, 2.05) is 0 Å². The molecule has 163 valence electrons. The van der Waals surface area contributed by atoms with Crippen molar-refractivity contribution in [1.29, 1.82) is 5.26 Å². The van der Waals surface area contributed by atoms with Gasteiger partial charge in [0, 0.05) is 18.0 Å². The number of carbonyl (C=O) groups excluding carboxylic acids is 2. The molecular formula is C23H39N4O2. The maximum atomic E-state index is 12.6. The van der Waals surface area contributed by atoms with Crippen LogP contribution in [0.4, 0.5) is 0 Å². The summed E-state index contributed by atoms with van der Waals surface area (Å²) in [5.41, 5.74) is 3.80. The van der Waals surface area contributed by atoms with Crippen molar-refractivity contribution in [2.45, 2.75) is 96.6 Å². The van der Waals surface area contributed by atoms with Crippen molar-refractivity contribution >= 4 is 11.8 Å². The quantitative estimate of drug-likeness (QED) is 0.617. The van der Waals surface area contributed by atoms with Crippen molar-refractivity contribution in [1.82, 2.24) is 10.2 Å². The van der Waals surface area contributed by atoms with Gasteiger partial charge in [-0.2, -0.15) is 5.26 Å². The summed E-state index contributed by atoms with van der Waals surface area (Å²) < 4.78 is 0. The second kappa shape index (κ2) is 10.4. The summed E-state index contributed by atoms with van der Waals surface area (Å²) in [5.74, 6) is 0.0272. The summed E-state index contributed by atoms with van der Waals surface area (Å²) in [6.07, 6.45) is 11.8. The lowest BCUT2D eigenvalue weighted by Crippen LogP contribution is -2.58. The number of primary amides is 1. The first-order valence-corrected chi connectivity index (χ1v) is 11.3. The topological polar surface area (TPSA) is 99.2 Å². The number of likely N-dealkylation sites (tertiary alicyclic amines) is 1. The van der Waals surface area contributed by atoms with E-state index in [0.717, 1.165) is 31.8 Å². The third-order valence-electron chi connectivity index (χ3n) is 6.81. The molecule has 1 heterocycles. The van der Waals surface area contributed by atoms with Gasteiger partial charge in [-0.25, -0.2) is 0 Å². The van der Waals surface area contributed by atoms with Gasteiger partial charge in [-0.05, 0) is 44.6 Å². The average molecular weight is 404 g/mol. The van der Waals surface area contributed by atoms with Crippen LogP contribution in [-0.4, -0.2) is 41.4 Å². The maximum absolute atomic E-state index is 12.6. The highest BCUT2D eigenvalue weighted by Gasteiger charge is 2.42. The van der Waals surface area contributed by atoms with Crippen LogP contribution in [-0.2, 0) is 9.59 Å². The van der Waals surface area contributed by atoms with E-state index < -0.39 is 16.9 Å². The first-order chi connectivity index (χ1) is 13.7. The minimum absolute atomic E-state index is 0.267. The van der Waals surface area contributed by atoms with Crippen molar-refractivity contribution in [3.63, 3.8) is 0 Å². The molecule has 0 bridgehead atoms. The van der Waals surface area contributed by atoms with Crippen LogP contribution in [0.25, 0.3) is 0 Å². The lowest BCUT2D eigenvalue weighted by molar-refractivity contribution is -0.126. The molecule has 1 aliphatic carbocycles. The lowest BCUT2D eigenvalue weighted by Gasteiger charge is -2.45. The first kappa shape index (κ1) is 23.7. The van der Waals surface area contributed by atoms with Gasteiger partial charge in [0.15, 0.2) is 0 Å². The molecule has 29 heavy (non-hydrogen) atoms. The Morgan fingerprint density at radius 1 is 1.31 bits per heavy atom. The summed E-state index contributed by atoms with van der Waals surface area (Å²) in [7, 11) is 0. The number of carbonyl (C=O) groups is 2. The zero-order valence-electron chi connectivity index (χ0n) is 18.5. The van der Waals surface area contributed by atoms with E-state index in [1.165, 1.54) is 38.5 Å². The summed E-state index contributed by atoms with van der Waals surface area (Å²) >= 11 is 0. The molecule has 6 heteroatoms. The van der Waals surface area contributed by atoms with Crippen LogP contribution in [0.15, 0.2) is 0 Å². The van der Waals surface area contributed by atoms with Crippen LogP contribution >= 0.6 is 0 Å². The average Bonchev–Trinajstić information content (AvgIpc) is 2.69. The normalized spacial score (nSPS) is 26.6. The number of amides is 2. The molecule has 1 saturated heterocycles. The Labute approximate surface area is 176 Å². The van der Waals surface area contributed by atoms with Gasteiger partial charge >= 0.3 is 0 Å². The lowest BCUT2D eigenvalue weighted by atomic mass is 9.77. The van der Waals surface area contributed by atoms with Crippen LogP contribution < -0.4 is 11.1 Å². The fourth-order valence-corrected chi connectivity index (χ4v) is 4.75. The van der Waals surface area contributed by atoms with Crippen molar-refractivity contribution in [3.05, 3.63) is 6.42 Å². The summed E-state index contributed by atoms with van der Waals surface area (Å²) in [6, 6.07) is 2.77. The molecule has 2 atom stereocenters. The first-order valence-electron chi connectivity index (χ1n) is 11.3. The fourth-order valence-electron chi connectivity index (χ4n) is 4.75. The third kappa shape index (κ3) is 6.70. The van der Waals surface area contributed by atoms with Crippen LogP contribution in [0.1, 0.15) is 85.0 Å². The Morgan fingerprint density at radius 3 is 2.59 bits per heavy atom. The van der Waals surface area contributed by atoms with Crippen molar-refractivity contribution in [3.8, 4) is 6.07 Å². The van der Waals surface area contributed by atoms with E-state index in [9.17, 15) is 14.9 Å². The van der Waals surface area contributed by atoms with Crippen LogP contribution in [0.2, 0.25) is 0 Å². The Hall–Kier alpha value is -1.61. The zero-order chi connectivity index (χ0) is 21.5. The maximum Gasteiger partial charge on any atom is 0.225 e. The monoisotopic (exact) mass is 403 g/mol. The Balaban J connectivity index is 2.01. The van der Waals surface area contributed by atoms with E-state index >= 15 is 0 Å². The molecule has 0 aromatic heterocycles. The van der Waals surface area contributed by atoms with Crippen molar-refractivity contribution in [2.24, 2.45) is 17.1 Å². The summed E-state index contributed by atoms with van der Waals surface area (Å²) in [4.78, 5) is 26.6. The van der Waals surface area contributed by atoms with Gasteiger partial charge in [-0.3, -0.25) is 9.59 Å². The molecular weight excluding hydrogens is 364 g/mol. The number of rotatable bonds is 9. The minimum Gasteiger partial charge on any atom is -0.369 e. The second-order valence-corrected chi connectivity index (χ2v) is 9.72. The summed E-state index contributed by atoms with van der Waals surface area (Å²) in [5, 5.41) is 13.0. The highest BCUT2D eigenvalue weighted by molar-refractivity contribution is 5.87. The van der Waals surface area contributed by atoms with E-state index in [1.54, 1.807) is 13.8 Å². The predicted octanol–water partition coefficient (Wildman–Crippen LogP) is 3.32. The Bertz CT molecular complexity index is 606. The van der Waals surface area contributed by atoms with E-state index in [0.29, 0.717) is 18.9 Å². The van der Waals surface area contributed by atoms with E-state index in [2.05, 4.69) is 23.2 Å². The van der Waals surface area contributed by atoms with Gasteiger partial charge in [-0.15, -0.1) is 0 Å². The molecule has 3 N–H and O–H groups in total. The number of nitrogens with one attached hydrogen (secondary N) is 1. The SMILES string of the molecule is CCCN1CCC(C#N)(NC(=O)[CH]CC(C)(C)C(N)=O)CC1CC1CCCCC1. The Kier molecular flexibility index (Phi) is 8.51. The molecule has 0 aromatic carbocycles. The minimum atomic E-state index is -0.825. The molecule has 1 radical (unpaired) electrons. The molecule has 2 amide bonds. The van der Waals surface area contributed by atoms with E-state index in [4.69, 9.17) is 5.73 Å². The van der Waals surface area contributed by atoms with Crippen LogP contribution in [0.5, 0.6) is 0 Å². The van der Waals surface area contributed by atoms with Gasteiger partial charge in [0.25, 0.3) is 0 Å². The molecule has 6 nitrogen and oxygen atoms in total. The largest absolute Gasteiger partial charge is 0.369 e. The highest BCUT2D eigenvalue weighted by Crippen LogP contribution is 2.35. The number of hydrogen-bond acceptors (Lipinski definition) is 4. The molecule has 0 aromatic rings. The molecule has 2 aliphatic rings. The predicted molar refractivity (Wildman–Crippen MR) is 114 cm³/mol. The Morgan fingerprint density at radius 2 is 2.00 bits per heavy atom. The van der Waals surface area contributed by atoms with Gasteiger partial charge in [-0.1, -0.05) is 52.9 Å². The van der Waals surface area contributed by atoms with Crippen molar-refractivity contribution < 1.29 is 9.59 Å². The smallest absolute Gasteiger partial charge is 0.225 e. The number of nitrogens with two attached hydrogens (primary N) is 1. The molecule has 1 aliphatic heterocycles. The number of nitriles is 1.